The lowest BCUT2D eigenvalue weighted by Gasteiger charge is -2.38. The van der Waals surface area contributed by atoms with Crippen molar-refractivity contribution in [3.05, 3.63) is 0 Å². The second-order valence-corrected chi connectivity index (χ2v) is 4.12. The molecule has 84 valence electrons. The van der Waals surface area contributed by atoms with Gasteiger partial charge in [0.25, 0.3) is 5.92 Å². The lowest BCUT2D eigenvalue weighted by molar-refractivity contribution is -0.0387. The van der Waals surface area contributed by atoms with E-state index in [1.807, 2.05) is 14.0 Å². The molecule has 0 aromatic carbocycles. The Bertz CT molecular complexity index is 187. The SMILES string of the molecule is CC1CN(CC(F)(F)CN)CCN1C. The topological polar surface area (TPSA) is 32.5 Å². The van der Waals surface area contributed by atoms with Crippen molar-refractivity contribution >= 4 is 0 Å². The molecule has 2 N–H and O–H groups in total. The number of hydrogen-bond acceptors (Lipinski definition) is 3. The quantitative estimate of drug-likeness (QED) is 0.718. The minimum atomic E-state index is -2.74. The summed E-state index contributed by atoms with van der Waals surface area (Å²) in [5, 5.41) is 0. The molecule has 0 aromatic heterocycles. The van der Waals surface area contributed by atoms with Crippen LogP contribution in [0.3, 0.4) is 0 Å². The second-order valence-electron chi connectivity index (χ2n) is 4.12. The summed E-state index contributed by atoms with van der Waals surface area (Å²) >= 11 is 0. The molecular weight excluding hydrogens is 188 g/mol. The van der Waals surface area contributed by atoms with Gasteiger partial charge in [-0.25, -0.2) is 8.78 Å². The third-order valence-electron chi connectivity index (χ3n) is 2.80. The maximum atomic E-state index is 13.0. The van der Waals surface area contributed by atoms with E-state index >= 15 is 0 Å². The molecule has 0 aliphatic carbocycles. The van der Waals surface area contributed by atoms with E-state index in [1.54, 1.807) is 4.90 Å². The number of halogens is 2. The van der Waals surface area contributed by atoms with Crippen LogP contribution in [-0.2, 0) is 0 Å². The fourth-order valence-electron chi connectivity index (χ4n) is 1.66. The number of rotatable bonds is 3. The van der Waals surface area contributed by atoms with Crippen LogP contribution in [0.5, 0.6) is 0 Å². The van der Waals surface area contributed by atoms with Gasteiger partial charge in [-0.15, -0.1) is 0 Å². The van der Waals surface area contributed by atoms with Crippen LogP contribution in [0.25, 0.3) is 0 Å². The van der Waals surface area contributed by atoms with Gasteiger partial charge < -0.3 is 10.6 Å². The minimum absolute atomic E-state index is 0.207. The Hall–Kier alpha value is -0.260. The Labute approximate surface area is 83.8 Å². The zero-order valence-corrected chi connectivity index (χ0v) is 8.84. The van der Waals surface area contributed by atoms with Gasteiger partial charge in [-0.05, 0) is 14.0 Å². The second kappa shape index (κ2) is 4.51. The predicted molar refractivity (Wildman–Crippen MR) is 52.5 cm³/mol. The molecule has 5 heteroatoms. The lowest BCUT2D eigenvalue weighted by atomic mass is 10.2. The molecule has 0 saturated carbocycles. The fourth-order valence-corrected chi connectivity index (χ4v) is 1.66. The van der Waals surface area contributed by atoms with Crippen molar-refractivity contribution in [2.75, 3.05) is 39.8 Å². The predicted octanol–water partition coefficient (Wildman–Crippen LogP) is 0.216. The number of likely N-dealkylation sites (N-methyl/N-ethyl adjacent to an activating group) is 1. The molecule has 0 bridgehead atoms. The summed E-state index contributed by atoms with van der Waals surface area (Å²) in [5.74, 6) is -2.74. The highest BCUT2D eigenvalue weighted by Crippen LogP contribution is 2.16. The van der Waals surface area contributed by atoms with Gasteiger partial charge in [0, 0.05) is 25.7 Å². The average Bonchev–Trinajstić information content (AvgIpc) is 2.11. The van der Waals surface area contributed by atoms with E-state index < -0.39 is 12.5 Å². The highest BCUT2D eigenvalue weighted by atomic mass is 19.3. The Balaban J connectivity index is 2.40. The molecule has 1 unspecified atom stereocenters. The van der Waals surface area contributed by atoms with Crippen molar-refractivity contribution in [2.45, 2.75) is 18.9 Å². The zero-order valence-electron chi connectivity index (χ0n) is 8.84. The van der Waals surface area contributed by atoms with Crippen LogP contribution in [0.1, 0.15) is 6.92 Å². The molecule has 1 saturated heterocycles. The van der Waals surface area contributed by atoms with Crippen LogP contribution in [0, 0.1) is 0 Å². The van der Waals surface area contributed by atoms with Gasteiger partial charge in [-0.2, -0.15) is 0 Å². The largest absolute Gasteiger partial charge is 0.325 e. The first-order valence-corrected chi connectivity index (χ1v) is 4.95. The van der Waals surface area contributed by atoms with Crippen molar-refractivity contribution < 1.29 is 8.78 Å². The van der Waals surface area contributed by atoms with Gasteiger partial charge in [0.2, 0.25) is 0 Å². The molecule has 14 heavy (non-hydrogen) atoms. The first kappa shape index (κ1) is 11.8. The van der Waals surface area contributed by atoms with Gasteiger partial charge in [0.05, 0.1) is 13.1 Å². The molecule has 0 aromatic rings. The highest BCUT2D eigenvalue weighted by molar-refractivity contribution is 4.81. The smallest absolute Gasteiger partial charge is 0.272 e. The van der Waals surface area contributed by atoms with Gasteiger partial charge in [0.15, 0.2) is 0 Å². The molecule has 1 heterocycles. The summed E-state index contributed by atoms with van der Waals surface area (Å²) < 4.78 is 26.0. The monoisotopic (exact) mass is 207 g/mol. The van der Waals surface area contributed by atoms with Crippen molar-refractivity contribution in [1.29, 1.82) is 0 Å². The summed E-state index contributed by atoms with van der Waals surface area (Å²) in [6, 6.07) is 0.345. The maximum absolute atomic E-state index is 13.0. The number of nitrogens with zero attached hydrogens (tertiary/aromatic N) is 2. The van der Waals surface area contributed by atoms with Gasteiger partial charge >= 0.3 is 0 Å². The normalized spacial score (nSPS) is 26.8. The summed E-state index contributed by atoms with van der Waals surface area (Å²) in [5.41, 5.74) is 5.00. The van der Waals surface area contributed by atoms with Crippen LogP contribution in [0.4, 0.5) is 8.78 Å². The summed E-state index contributed by atoms with van der Waals surface area (Å²) in [4.78, 5) is 3.97. The van der Waals surface area contributed by atoms with Crippen LogP contribution in [0.15, 0.2) is 0 Å². The number of nitrogens with two attached hydrogens (primary N) is 1. The van der Waals surface area contributed by atoms with Gasteiger partial charge in [0.1, 0.15) is 0 Å². The Morgan fingerprint density at radius 3 is 2.57 bits per heavy atom. The third-order valence-corrected chi connectivity index (χ3v) is 2.80. The molecule has 1 rings (SSSR count). The van der Waals surface area contributed by atoms with Crippen LogP contribution in [-0.4, -0.2) is 61.5 Å². The van der Waals surface area contributed by atoms with Crippen LogP contribution < -0.4 is 5.73 Å². The first-order chi connectivity index (χ1) is 6.44. The van der Waals surface area contributed by atoms with Crippen molar-refractivity contribution in [2.24, 2.45) is 5.73 Å². The molecule has 0 amide bonds. The third kappa shape index (κ3) is 3.15. The van der Waals surface area contributed by atoms with E-state index in [0.717, 1.165) is 6.54 Å². The molecule has 0 spiro atoms. The number of alkyl halides is 2. The van der Waals surface area contributed by atoms with E-state index in [0.29, 0.717) is 19.1 Å². The van der Waals surface area contributed by atoms with Gasteiger partial charge in [-0.3, -0.25) is 4.90 Å². The molecule has 1 aliphatic rings. The Kier molecular flexibility index (Phi) is 3.80. The fraction of sp³-hybridized carbons (Fsp3) is 1.00. The molecule has 1 fully saturated rings. The Morgan fingerprint density at radius 1 is 1.43 bits per heavy atom. The van der Waals surface area contributed by atoms with Crippen LogP contribution >= 0.6 is 0 Å². The number of piperazine rings is 1. The van der Waals surface area contributed by atoms with Crippen molar-refractivity contribution in [3.63, 3.8) is 0 Å². The van der Waals surface area contributed by atoms with Gasteiger partial charge in [-0.1, -0.05) is 0 Å². The summed E-state index contributed by atoms with van der Waals surface area (Å²) in [7, 11) is 2.02. The van der Waals surface area contributed by atoms with Crippen molar-refractivity contribution in [3.8, 4) is 0 Å². The zero-order chi connectivity index (χ0) is 10.8. The molecular formula is C9H19F2N3. The molecule has 0 radical (unpaired) electrons. The molecule has 1 atom stereocenters. The average molecular weight is 207 g/mol. The molecule has 3 nitrogen and oxygen atoms in total. The summed E-state index contributed by atoms with van der Waals surface area (Å²) in [6.45, 7) is 3.53. The lowest BCUT2D eigenvalue weighted by Crippen LogP contribution is -2.53. The van der Waals surface area contributed by atoms with E-state index in [-0.39, 0.29) is 6.54 Å². The van der Waals surface area contributed by atoms with E-state index in [4.69, 9.17) is 5.73 Å². The minimum Gasteiger partial charge on any atom is -0.325 e. The van der Waals surface area contributed by atoms with Crippen molar-refractivity contribution in [1.82, 2.24) is 9.80 Å². The number of hydrogen-bond donors (Lipinski definition) is 1. The van der Waals surface area contributed by atoms with Crippen LogP contribution in [0.2, 0.25) is 0 Å². The summed E-state index contributed by atoms with van der Waals surface area (Å²) in [6.07, 6.45) is 0. The maximum Gasteiger partial charge on any atom is 0.272 e. The van der Waals surface area contributed by atoms with E-state index in [9.17, 15) is 8.78 Å². The highest BCUT2D eigenvalue weighted by Gasteiger charge is 2.32. The standard InChI is InChI=1S/C9H19F2N3/c1-8-5-14(4-3-13(8)2)7-9(10,11)6-12/h8H,3-7,12H2,1-2H3. The first-order valence-electron chi connectivity index (χ1n) is 4.95. The Morgan fingerprint density at radius 2 is 2.07 bits per heavy atom. The van der Waals surface area contributed by atoms with E-state index in [1.165, 1.54) is 0 Å². The molecule has 1 aliphatic heterocycles. The van der Waals surface area contributed by atoms with E-state index in [2.05, 4.69) is 4.90 Å².